The summed E-state index contributed by atoms with van der Waals surface area (Å²) in [6.07, 6.45) is 1.92. The third-order valence-electron chi connectivity index (χ3n) is 6.16. The van der Waals surface area contributed by atoms with Gasteiger partial charge in [-0.15, -0.1) is 0 Å². The number of esters is 1. The number of aliphatic hydroxyl groups is 1. The van der Waals surface area contributed by atoms with E-state index in [-0.39, 0.29) is 12.6 Å². The van der Waals surface area contributed by atoms with Crippen molar-refractivity contribution in [2.45, 2.75) is 25.0 Å². The lowest BCUT2D eigenvalue weighted by Crippen LogP contribution is -2.53. The van der Waals surface area contributed by atoms with Crippen LogP contribution in [-0.2, 0) is 15.1 Å². The molecule has 4 nitrogen and oxygen atoms in total. The maximum Gasteiger partial charge on any atom is 0.302 e. The quantitative estimate of drug-likeness (QED) is 0.357. The molecule has 1 atom stereocenters. The summed E-state index contributed by atoms with van der Waals surface area (Å²) in [6, 6.07) is 31.6. The molecule has 0 saturated carbocycles. The molecule has 0 bridgehead atoms. The van der Waals surface area contributed by atoms with Crippen LogP contribution in [0, 0.1) is 0 Å². The highest BCUT2D eigenvalue weighted by atomic mass is 16.5. The fourth-order valence-electron chi connectivity index (χ4n) is 4.71. The zero-order chi connectivity index (χ0) is 22.4. The van der Waals surface area contributed by atoms with Crippen molar-refractivity contribution >= 4 is 5.97 Å². The first-order valence-electron chi connectivity index (χ1n) is 11.0. The average molecular weight is 428 g/mol. The molecule has 4 heteroatoms. The summed E-state index contributed by atoms with van der Waals surface area (Å²) in [5, 5.41) is 10.7. The van der Waals surface area contributed by atoms with Crippen LogP contribution < -0.4 is 0 Å². The summed E-state index contributed by atoms with van der Waals surface area (Å²) in [6.45, 7) is 2.86. The average Bonchev–Trinajstić information content (AvgIpc) is 2.83. The maximum absolute atomic E-state index is 11.2. The van der Waals surface area contributed by atoms with Gasteiger partial charge in [0.25, 0.3) is 0 Å². The van der Waals surface area contributed by atoms with Crippen molar-refractivity contribution in [1.82, 2.24) is 4.90 Å². The normalized spacial score (nSPS) is 18.4. The predicted molar refractivity (Wildman–Crippen MR) is 126 cm³/mol. The molecule has 3 aromatic rings. The van der Waals surface area contributed by atoms with Crippen LogP contribution in [0.15, 0.2) is 103 Å². The van der Waals surface area contributed by atoms with E-state index in [1.54, 1.807) is 0 Å². The summed E-state index contributed by atoms with van der Waals surface area (Å²) >= 11 is 0. The van der Waals surface area contributed by atoms with E-state index in [1.807, 2.05) is 24.3 Å². The van der Waals surface area contributed by atoms with Gasteiger partial charge in [0, 0.05) is 20.0 Å². The molecule has 1 fully saturated rings. The first-order chi connectivity index (χ1) is 15.6. The van der Waals surface area contributed by atoms with Crippen LogP contribution in [0.5, 0.6) is 0 Å². The third-order valence-corrected chi connectivity index (χ3v) is 6.16. The Hall–Kier alpha value is -3.21. The topological polar surface area (TPSA) is 49.8 Å². The number of carbonyl (C=O) groups is 1. The molecule has 164 valence electrons. The lowest BCUT2D eigenvalue weighted by molar-refractivity contribution is -0.139. The van der Waals surface area contributed by atoms with Crippen molar-refractivity contribution in [3.63, 3.8) is 0 Å². The molecule has 1 N–H and O–H groups in total. The van der Waals surface area contributed by atoms with Crippen LogP contribution in [0.1, 0.15) is 30.0 Å². The Bertz CT molecular complexity index is 951. The number of aliphatic hydroxyl groups excluding tert-OH is 1. The molecule has 1 unspecified atom stereocenters. The molecule has 4 rings (SSSR count). The highest BCUT2D eigenvalue weighted by Crippen LogP contribution is 2.44. The van der Waals surface area contributed by atoms with Gasteiger partial charge in [-0.25, -0.2) is 0 Å². The van der Waals surface area contributed by atoms with Gasteiger partial charge < -0.3 is 9.84 Å². The molecule has 32 heavy (non-hydrogen) atoms. The lowest BCUT2D eigenvalue weighted by Gasteiger charge is -2.48. The summed E-state index contributed by atoms with van der Waals surface area (Å²) in [5.41, 5.74) is 3.88. The highest BCUT2D eigenvalue weighted by Gasteiger charge is 2.44. The maximum atomic E-state index is 11.2. The molecule has 1 saturated heterocycles. The zero-order valence-electron chi connectivity index (χ0n) is 18.4. The van der Waals surface area contributed by atoms with Gasteiger partial charge >= 0.3 is 5.97 Å². The molecule has 0 aromatic heterocycles. The number of hydrogen-bond acceptors (Lipinski definition) is 4. The molecule has 0 aliphatic carbocycles. The Kier molecular flexibility index (Phi) is 6.84. The Labute approximate surface area is 189 Å². The largest absolute Gasteiger partial charge is 0.462 e. The van der Waals surface area contributed by atoms with Crippen LogP contribution in [0.2, 0.25) is 0 Å². The summed E-state index contributed by atoms with van der Waals surface area (Å²) < 4.78 is 5.12. The van der Waals surface area contributed by atoms with Gasteiger partial charge in [0.15, 0.2) is 0 Å². The van der Waals surface area contributed by atoms with E-state index in [1.165, 1.54) is 23.6 Å². The van der Waals surface area contributed by atoms with Crippen molar-refractivity contribution in [2.24, 2.45) is 0 Å². The number of likely N-dealkylation sites (tertiary alicyclic amines) is 1. The fourth-order valence-corrected chi connectivity index (χ4v) is 4.71. The lowest BCUT2D eigenvalue weighted by atomic mass is 9.74. The minimum absolute atomic E-state index is 0.171. The van der Waals surface area contributed by atoms with Crippen LogP contribution in [0.4, 0.5) is 0 Å². The van der Waals surface area contributed by atoms with Gasteiger partial charge in [0.05, 0.1) is 11.6 Å². The molecule has 0 amide bonds. The fraction of sp³-hybridized carbons (Fsp3) is 0.250. The number of piperidine rings is 1. The van der Waals surface area contributed by atoms with E-state index in [0.29, 0.717) is 13.0 Å². The minimum Gasteiger partial charge on any atom is -0.462 e. The predicted octanol–water partition coefficient (Wildman–Crippen LogP) is 4.53. The second kappa shape index (κ2) is 9.94. The smallest absolute Gasteiger partial charge is 0.302 e. The number of carbonyl (C=O) groups excluding carboxylic acids is 1. The van der Waals surface area contributed by atoms with Crippen LogP contribution in [0.25, 0.3) is 0 Å². The summed E-state index contributed by atoms with van der Waals surface area (Å²) in [7, 11) is 0. The van der Waals surface area contributed by atoms with E-state index in [2.05, 4.69) is 77.7 Å². The Balaban J connectivity index is 1.87. The van der Waals surface area contributed by atoms with Gasteiger partial charge in [-0.1, -0.05) is 91.0 Å². The van der Waals surface area contributed by atoms with Crippen LogP contribution in [-0.4, -0.2) is 41.8 Å². The highest BCUT2D eigenvalue weighted by molar-refractivity contribution is 5.66. The first-order valence-corrected chi connectivity index (χ1v) is 11.0. The zero-order valence-corrected chi connectivity index (χ0v) is 18.4. The van der Waals surface area contributed by atoms with Gasteiger partial charge in [0.2, 0.25) is 0 Å². The Morgan fingerprint density at radius 3 is 1.84 bits per heavy atom. The molecule has 3 aromatic carbocycles. The summed E-state index contributed by atoms with van der Waals surface area (Å²) in [5.74, 6) is -0.323. The van der Waals surface area contributed by atoms with E-state index in [0.717, 1.165) is 12.1 Å². The molecule has 1 aliphatic rings. The van der Waals surface area contributed by atoms with Crippen molar-refractivity contribution in [1.29, 1.82) is 0 Å². The van der Waals surface area contributed by atoms with Gasteiger partial charge in [-0.2, -0.15) is 0 Å². The second-order valence-corrected chi connectivity index (χ2v) is 8.12. The van der Waals surface area contributed by atoms with Crippen molar-refractivity contribution < 1.29 is 14.6 Å². The molecule has 0 radical (unpaired) electrons. The number of rotatable bonds is 6. The summed E-state index contributed by atoms with van der Waals surface area (Å²) in [4.78, 5) is 13.7. The van der Waals surface area contributed by atoms with Crippen LogP contribution in [0.3, 0.4) is 0 Å². The SMILES string of the molecule is CC(=O)OC/C=C1\CN(C(c2ccccc2)(c2ccccc2)c2ccccc2)CCC1O. The Morgan fingerprint density at radius 2 is 1.41 bits per heavy atom. The number of hydrogen-bond donors (Lipinski definition) is 1. The first kappa shape index (κ1) is 22.0. The van der Waals surface area contributed by atoms with E-state index < -0.39 is 11.6 Å². The molecule has 1 heterocycles. The number of benzene rings is 3. The molecule has 1 aliphatic heterocycles. The number of nitrogens with zero attached hydrogens (tertiary/aromatic N) is 1. The minimum atomic E-state index is -0.540. The van der Waals surface area contributed by atoms with Crippen molar-refractivity contribution in [3.05, 3.63) is 119 Å². The van der Waals surface area contributed by atoms with Crippen molar-refractivity contribution in [2.75, 3.05) is 19.7 Å². The van der Waals surface area contributed by atoms with Gasteiger partial charge in [-0.3, -0.25) is 9.69 Å². The van der Waals surface area contributed by atoms with E-state index in [9.17, 15) is 9.90 Å². The van der Waals surface area contributed by atoms with Gasteiger partial charge in [0.1, 0.15) is 6.61 Å². The van der Waals surface area contributed by atoms with E-state index in [4.69, 9.17) is 4.74 Å². The van der Waals surface area contributed by atoms with Crippen molar-refractivity contribution in [3.8, 4) is 0 Å². The van der Waals surface area contributed by atoms with Gasteiger partial charge in [-0.05, 0) is 34.8 Å². The monoisotopic (exact) mass is 427 g/mol. The third kappa shape index (κ3) is 4.38. The molecular weight excluding hydrogens is 398 g/mol. The molecule has 0 spiro atoms. The van der Waals surface area contributed by atoms with Crippen LogP contribution >= 0.6 is 0 Å². The number of ether oxygens (including phenoxy) is 1. The molecular formula is C28H29NO3. The Morgan fingerprint density at radius 1 is 0.938 bits per heavy atom. The second-order valence-electron chi connectivity index (χ2n) is 8.12. The standard InChI is InChI=1S/C28H29NO3/c1-22(30)32-20-18-23-21-29(19-17-27(23)31)28(24-11-5-2-6-12-24,25-13-7-3-8-14-25)26-15-9-4-10-16-26/h2-16,18,27,31H,17,19-21H2,1H3/b23-18+. The van der Waals surface area contributed by atoms with E-state index >= 15 is 0 Å².